The SMILES string of the molecule is CCCOc1ccc(C(=O)N/N=C/c2cc(Cl)c(O)c(Cl)c2)cc1OC. The number of aromatic hydroxyl groups is 1. The van der Waals surface area contributed by atoms with Crippen LogP contribution in [0.25, 0.3) is 0 Å². The van der Waals surface area contributed by atoms with Gasteiger partial charge in [-0.2, -0.15) is 5.10 Å². The van der Waals surface area contributed by atoms with Crippen LogP contribution in [0.5, 0.6) is 17.2 Å². The van der Waals surface area contributed by atoms with Crippen LogP contribution in [0.4, 0.5) is 0 Å². The number of phenolic OH excluding ortho intramolecular Hbond substituents is 1. The Balaban J connectivity index is 2.07. The van der Waals surface area contributed by atoms with E-state index in [0.717, 1.165) is 6.42 Å². The summed E-state index contributed by atoms with van der Waals surface area (Å²) in [4.78, 5) is 12.2. The fourth-order valence-corrected chi connectivity index (χ4v) is 2.53. The molecule has 0 aliphatic rings. The second-order valence-electron chi connectivity index (χ2n) is 5.25. The van der Waals surface area contributed by atoms with E-state index >= 15 is 0 Å². The Kier molecular flexibility index (Phi) is 7.12. The second kappa shape index (κ2) is 9.31. The minimum absolute atomic E-state index is 0.0951. The van der Waals surface area contributed by atoms with Gasteiger partial charge in [-0.15, -0.1) is 0 Å². The van der Waals surface area contributed by atoms with Gasteiger partial charge in [0, 0.05) is 5.56 Å². The highest BCUT2D eigenvalue weighted by Gasteiger charge is 2.11. The van der Waals surface area contributed by atoms with Crippen molar-refractivity contribution in [3.8, 4) is 17.2 Å². The predicted octanol–water partition coefficient (Wildman–Crippen LogP) is 4.26. The number of hydrogen-bond acceptors (Lipinski definition) is 5. The molecule has 0 aliphatic carbocycles. The van der Waals surface area contributed by atoms with E-state index in [0.29, 0.717) is 29.2 Å². The average molecular weight is 397 g/mol. The first-order chi connectivity index (χ1) is 12.5. The van der Waals surface area contributed by atoms with E-state index in [2.05, 4.69) is 10.5 Å². The molecule has 8 heteroatoms. The Labute approximate surface area is 161 Å². The number of halogens is 2. The van der Waals surface area contributed by atoms with Gasteiger partial charge in [0.2, 0.25) is 0 Å². The number of hydrazone groups is 1. The summed E-state index contributed by atoms with van der Waals surface area (Å²) in [6.07, 6.45) is 2.23. The van der Waals surface area contributed by atoms with Crippen LogP contribution in [0.15, 0.2) is 35.4 Å². The van der Waals surface area contributed by atoms with Gasteiger partial charge in [-0.05, 0) is 42.3 Å². The van der Waals surface area contributed by atoms with Crippen molar-refractivity contribution in [1.82, 2.24) is 5.43 Å². The van der Waals surface area contributed by atoms with Gasteiger partial charge in [-0.1, -0.05) is 30.1 Å². The van der Waals surface area contributed by atoms with Crippen molar-refractivity contribution in [2.75, 3.05) is 13.7 Å². The molecule has 0 radical (unpaired) electrons. The predicted molar refractivity (Wildman–Crippen MR) is 102 cm³/mol. The lowest BCUT2D eigenvalue weighted by Gasteiger charge is -2.11. The lowest BCUT2D eigenvalue weighted by atomic mass is 10.2. The molecular weight excluding hydrogens is 379 g/mol. The standard InChI is InChI=1S/C18H18Cl2N2O4/c1-3-6-26-15-5-4-12(9-16(15)25-2)18(24)22-21-10-11-7-13(19)17(23)14(20)8-11/h4-5,7-10,23H,3,6H2,1-2H3,(H,22,24)/b21-10+. The molecule has 26 heavy (non-hydrogen) atoms. The van der Waals surface area contributed by atoms with Crippen LogP contribution in [-0.2, 0) is 0 Å². The molecule has 138 valence electrons. The maximum atomic E-state index is 12.2. The molecule has 0 unspecified atom stereocenters. The molecule has 2 aromatic rings. The van der Waals surface area contributed by atoms with Crippen molar-refractivity contribution in [3.05, 3.63) is 51.5 Å². The molecule has 0 spiro atoms. The fourth-order valence-electron chi connectivity index (χ4n) is 2.03. The van der Waals surface area contributed by atoms with Crippen molar-refractivity contribution in [2.24, 2.45) is 5.10 Å². The van der Waals surface area contributed by atoms with Crippen LogP contribution in [-0.4, -0.2) is 30.9 Å². The largest absolute Gasteiger partial charge is 0.505 e. The van der Waals surface area contributed by atoms with E-state index in [1.54, 1.807) is 18.2 Å². The first-order valence-electron chi connectivity index (χ1n) is 7.78. The Morgan fingerprint density at radius 3 is 2.54 bits per heavy atom. The molecule has 6 nitrogen and oxygen atoms in total. The number of nitrogens with zero attached hydrogens (tertiary/aromatic N) is 1. The summed E-state index contributed by atoms with van der Waals surface area (Å²) in [6, 6.07) is 7.81. The topological polar surface area (TPSA) is 80.2 Å². The van der Waals surface area contributed by atoms with Crippen molar-refractivity contribution < 1.29 is 19.4 Å². The zero-order chi connectivity index (χ0) is 19.1. The second-order valence-corrected chi connectivity index (χ2v) is 6.06. The molecule has 0 saturated carbocycles. The van der Waals surface area contributed by atoms with Gasteiger partial charge < -0.3 is 14.6 Å². The molecular formula is C18H18Cl2N2O4. The molecule has 2 aromatic carbocycles. The number of rotatable bonds is 7. The number of methoxy groups -OCH3 is 1. The summed E-state index contributed by atoms with van der Waals surface area (Å²) in [7, 11) is 1.51. The molecule has 0 heterocycles. The van der Waals surface area contributed by atoms with Gasteiger partial charge in [0.15, 0.2) is 17.2 Å². The lowest BCUT2D eigenvalue weighted by molar-refractivity contribution is 0.0954. The Morgan fingerprint density at radius 2 is 1.92 bits per heavy atom. The minimum atomic E-state index is -0.419. The van der Waals surface area contributed by atoms with E-state index in [1.807, 2.05) is 6.92 Å². The number of phenols is 1. The van der Waals surface area contributed by atoms with Crippen LogP contribution in [0.1, 0.15) is 29.3 Å². The minimum Gasteiger partial charge on any atom is -0.505 e. The summed E-state index contributed by atoms with van der Waals surface area (Å²) in [6.45, 7) is 2.56. The van der Waals surface area contributed by atoms with Crippen LogP contribution >= 0.6 is 23.2 Å². The third kappa shape index (κ3) is 5.03. The molecule has 0 saturated heterocycles. The fraction of sp³-hybridized carbons (Fsp3) is 0.222. The zero-order valence-electron chi connectivity index (χ0n) is 14.3. The number of nitrogens with one attached hydrogen (secondary N) is 1. The summed E-state index contributed by atoms with van der Waals surface area (Å²) in [5, 5.41) is 13.6. The highest BCUT2D eigenvalue weighted by atomic mass is 35.5. The Bertz CT molecular complexity index is 802. The number of hydrogen-bond donors (Lipinski definition) is 2. The zero-order valence-corrected chi connectivity index (χ0v) is 15.8. The van der Waals surface area contributed by atoms with Crippen LogP contribution in [0.3, 0.4) is 0 Å². The Hall–Kier alpha value is -2.44. The quantitative estimate of drug-likeness (QED) is 0.541. The molecule has 0 atom stereocenters. The first-order valence-corrected chi connectivity index (χ1v) is 8.54. The molecule has 2 N–H and O–H groups in total. The van der Waals surface area contributed by atoms with Crippen molar-refractivity contribution in [1.29, 1.82) is 0 Å². The number of ether oxygens (including phenoxy) is 2. The van der Waals surface area contributed by atoms with Gasteiger partial charge in [-0.25, -0.2) is 5.43 Å². The van der Waals surface area contributed by atoms with Crippen molar-refractivity contribution in [3.63, 3.8) is 0 Å². The van der Waals surface area contributed by atoms with Gasteiger partial charge in [0.25, 0.3) is 5.91 Å². The van der Waals surface area contributed by atoms with E-state index in [-0.39, 0.29) is 15.8 Å². The Morgan fingerprint density at radius 1 is 1.23 bits per heavy atom. The molecule has 0 aliphatic heterocycles. The summed E-state index contributed by atoms with van der Waals surface area (Å²) in [5.41, 5.74) is 3.29. The number of carbonyl (C=O) groups excluding carboxylic acids is 1. The number of amides is 1. The molecule has 2 rings (SSSR count). The van der Waals surface area contributed by atoms with E-state index in [4.69, 9.17) is 32.7 Å². The summed E-state index contributed by atoms with van der Waals surface area (Å²) in [5.74, 6) is 0.416. The van der Waals surface area contributed by atoms with Crippen LogP contribution < -0.4 is 14.9 Å². The van der Waals surface area contributed by atoms with Gasteiger partial charge in [-0.3, -0.25) is 4.79 Å². The maximum Gasteiger partial charge on any atom is 0.271 e. The smallest absolute Gasteiger partial charge is 0.271 e. The van der Waals surface area contributed by atoms with Crippen molar-refractivity contribution in [2.45, 2.75) is 13.3 Å². The van der Waals surface area contributed by atoms with Gasteiger partial charge >= 0.3 is 0 Å². The van der Waals surface area contributed by atoms with Crippen molar-refractivity contribution >= 4 is 35.3 Å². The van der Waals surface area contributed by atoms with E-state index in [9.17, 15) is 9.90 Å². The third-order valence-electron chi connectivity index (χ3n) is 3.31. The van der Waals surface area contributed by atoms with Gasteiger partial charge in [0.05, 0.1) is 30.0 Å². The third-order valence-corrected chi connectivity index (χ3v) is 3.88. The number of benzene rings is 2. The number of carbonyl (C=O) groups is 1. The maximum absolute atomic E-state index is 12.2. The molecule has 0 aromatic heterocycles. The summed E-state index contributed by atoms with van der Waals surface area (Å²) >= 11 is 11.7. The van der Waals surface area contributed by atoms with Crippen LogP contribution in [0, 0.1) is 0 Å². The highest BCUT2D eigenvalue weighted by Crippen LogP contribution is 2.32. The molecule has 1 amide bonds. The van der Waals surface area contributed by atoms with E-state index in [1.165, 1.54) is 25.5 Å². The average Bonchev–Trinajstić information content (AvgIpc) is 2.64. The molecule has 0 bridgehead atoms. The lowest BCUT2D eigenvalue weighted by Crippen LogP contribution is -2.17. The van der Waals surface area contributed by atoms with Crippen LogP contribution in [0.2, 0.25) is 10.0 Å². The molecule has 0 fully saturated rings. The monoisotopic (exact) mass is 396 g/mol. The normalized spacial score (nSPS) is 10.8. The van der Waals surface area contributed by atoms with E-state index < -0.39 is 5.91 Å². The highest BCUT2D eigenvalue weighted by molar-refractivity contribution is 6.37. The first kappa shape index (κ1) is 19.9. The van der Waals surface area contributed by atoms with Gasteiger partial charge in [0.1, 0.15) is 0 Å². The summed E-state index contributed by atoms with van der Waals surface area (Å²) < 4.78 is 10.8.